The summed E-state index contributed by atoms with van der Waals surface area (Å²) in [6.45, 7) is 7.28. The maximum atomic E-state index is 9.86. The number of likely N-dealkylation sites (N-methyl/N-ethyl adjacent to an activating group) is 1. The van der Waals surface area contributed by atoms with E-state index in [4.69, 9.17) is 4.74 Å². The first-order valence-corrected chi connectivity index (χ1v) is 6.31. The van der Waals surface area contributed by atoms with E-state index in [2.05, 4.69) is 10.2 Å². The van der Waals surface area contributed by atoms with E-state index in [9.17, 15) is 5.11 Å². The SMILES string of the molecule is CNCC1CCCN1CC(O)COC(C)C. The van der Waals surface area contributed by atoms with Crippen LogP contribution in [0.15, 0.2) is 0 Å². The number of nitrogens with zero attached hydrogens (tertiary/aromatic N) is 1. The molecule has 0 radical (unpaired) electrons. The number of nitrogens with one attached hydrogen (secondary N) is 1. The normalized spacial score (nSPS) is 24.2. The molecule has 0 amide bonds. The molecule has 0 aliphatic carbocycles. The van der Waals surface area contributed by atoms with E-state index in [1.165, 1.54) is 12.8 Å². The van der Waals surface area contributed by atoms with Gasteiger partial charge in [0.2, 0.25) is 0 Å². The Bertz CT molecular complexity index is 188. The van der Waals surface area contributed by atoms with Crippen LogP contribution in [0.3, 0.4) is 0 Å². The Morgan fingerprint density at radius 3 is 2.88 bits per heavy atom. The van der Waals surface area contributed by atoms with Gasteiger partial charge in [0.1, 0.15) is 0 Å². The predicted octanol–water partition coefficient (Wildman–Crippen LogP) is 0.456. The molecule has 4 heteroatoms. The highest BCUT2D eigenvalue weighted by molar-refractivity contribution is 4.82. The summed E-state index contributed by atoms with van der Waals surface area (Å²) in [5, 5.41) is 13.1. The lowest BCUT2D eigenvalue weighted by Crippen LogP contribution is -2.42. The first kappa shape index (κ1) is 13.9. The van der Waals surface area contributed by atoms with Gasteiger partial charge in [-0.1, -0.05) is 0 Å². The third kappa shape index (κ3) is 4.78. The number of likely N-dealkylation sites (tertiary alicyclic amines) is 1. The van der Waals surface area contributed by atoms with Crippen molar-refractivity contribution in [1.29, 1.82) is 0 Å². The minimum Gasteiger partial charge on any atom is -0.389 e. The molecule has 1 saturated heterocycles. The average molecular weight is 230 g/mol. The quantitative estimate of drug-likeness (QED) is 0.667. The number of rotatable bonds is 7. The van der Waals surface area contributed by atoms with Crippen LogP contribution < -0.4 is 5.32 Å². The Morgan fingerprint density at radius 2 is 2.25 bits per heavy atom. The van der Waals surface area contributed by atoms with Gasteiger partial charge in [-0.25, -0.2) is 0 Å². The molecule has 0 aromatic carbocycles. The molecule has 1 aliphatic rings. The van der Waals surface area contributed by atoms with Crippen LogP contribution in [0.25, 0.3) is 0 Å². The van der Waals surface area contributed by atoms with Gasteiger partial charge in [0.15, 0.2) is 0 Å². The molecule has 96 valence electrons. The van der Waals surface area contributed by atoms with Gasteiger partial charge in [-0.15, -0.1) is 0 Å². The maximum absolute atomic E-state index is 9.86. The zero-order valence-corrected chi connectivity index (χ0v) is 10.8. The van der Waals surface area contributed by atoms with Gasteiger partial charge in [-0.2, -0.15) is 0 Å². The summed E-state index contributed by atoms with van der Waals surface area (Å²) in [7, 11) is 1.98. The van der Waals surface area contributed by atoms with Crippen molar-refractivity contribution in [2.45, 2.75) is 44.9 Å². The number of aliphatic hydroxyl groups is 1. The van der Waals surface area contributed by atoms with Crippen LogP contribution in [-0.4, -0.2) is 61.5 Å². The number of ether oxygens (including phenoxy) is 1. The summed E-state index contributed by atoms with van der Waals surface area (Å²) in [5.41, 5.74) is 0. The lowest BCUT2D eigenvalue weighted by atomic mass is 10.2. The van der Waals surface area contributed by atoms with Crippen LogP contribution in [0.1, 0.15) is 26.7 Å². The molecule has 2 N–H and O–H groups in total. The molecule has 1 aliphatic heterocycles. The highest BCUT2D eigenvalue weighted by Crippen LogP contribution is 2.16. The third-order valence-electron chi connectivity index (χ3n) is 3.01. The topological polar surface area (TPSA) is 44.7 Å². The van der Waals surface area contributed by atoms with Crippen molar-refractivity contribution in [3.63, 3.8) is 0 Å². The van der Waals surface area contributed by atoms with Crippen LogP contribution in [0.4, 0.5) is 0 Å². The standard InChI is InChI=1S/C12H26N2O2/c1-10(2)16-9-12(15)8-14-6-4-5-11(14)7-13-3/h10-13,15H,4-9H2,1-3H3. The maximum Gasteiger partial charge on any atom is 0.0900 e. The Balaban J connectivity index is 2.23. The Hall–Kier alpha value is -0.160. The summed E-state index contributed by atoms with van der Waals surface area (Å²) < 4.78 is 5.42. The van der Waals surface area contributed by atoms with E-state index in [1.54, 1.807) is 0 Å². The van der Waals surface area contributed by atoms with Crippen molar-refractivity contribution in [3.05, 3.63) is 0 Å². The van der Waals surface area contributed by atoms with Gasteiger partial charge in [0.25, 0.3) is 0 Å². The van der Waals surface area contributed by atoms with Crippen molar-refractivity contribution in [2.75, 3.05) is 33.3 Å². The lowest BCUT2D eigenvalue weighted by molar-refractivity contribution is -0.00987. The minimum atomic E-state index is -0.361. The van der Waals surface area contributed by atoms with Gasteiger partial charge in [-0.05, 0) is 40.3 Å². The van der Waals surface area contributed by atoms with Crippen LogP contribution >= 0.6 is 0 Å². The second-order valence-electron chi connectivity index (χ2n) is 4.88. The molecule has 1 fully saturated rings. The molecular weight excluding hydrogens is 204 g/mol. The molecule has 0 saturated carbocycles. The van der Waals surface area contributed by atoms with E-state index in [0.29, 0.717) is 12.6 Å². The molecule has 1 rings (SSSR count). The molecule has 16 heavy (non-hydrogen) atoms. The Labute approximate surface area is 99.0 Å². The van der Waals surface area contributed by atoms with E-state index >= 15 is 0 Å². The highest BCUT2D eigenvalue weighted by atomic mass is 16.5. The average Bonchev–Trinajstić information content (AvgIpc) is 2.63. The van der Waals surface area contributed by atoms with Crippen molar-refractivity contribution in [2.24, 2.45) is 0 Å². The molecule has 0 spiro atoms. The second-order valence-corrected chi connectivity index (χ2v) is 4.88. The Kier molecular flexibility index (Phi) is 6.28. The zero-order chi connectivity index (χ0) is 12.0. The third-order valence-corrected chi connectivity index (χ3v) is 3.01. The molecule has 2 atom stereocenters. The zero-order valence-electron chi connectivity index (χ0n) is 10.8. The van der Waals surface area contributed by atoms with Crippen LogP contribution in [0, 0.1) is 0 Å². The van der Waals surface area contributed by atoms with E-state index < -0.39 is 0 Å². The van der Waals surface area contributed by atoms with Crippen molar-refractivity contribution in [1.82, 2.24) is 10.2 Å². The van der Waals surface area contributed by atoms with Gasteiger partial charge >= 0.3 is 0 Å². The summed E-state index contributed by atoms with van der Waals surface area (Å²) >= 11 is 0. The van der Waals surface area contributed by atoms with Crippen molar-refractivity contribution < 1.29 is 9.84 Å². The van der Waals surface area contributed by atoms with Gasteiger partial charge in [-0.3, -0.25) is 4.90 Å². The number of aliphatic hydroxyl groups excluding tert-OH is 1. The predicted molar refractivity (Wildman–Crippen MR) is 65.6 cm³/mol. The van der Waals surface area contributed by atoms with Crippen LogP contribution in [0.5, 0.6) is 0 Å². The van der Waals surface area contributed by atoms with Crippen LogP contribution in [0.2, 0.25) is 0 Å². The lowest BCUT2D eigenvalue weighted by Gasteiger charge is -2.26. The fourth-order valence-corrected chi connectivity index (χ4v) is 2.23. The largest absolute Gasteiger partial charge is 0.389 e. The van der Waals surface area contributed by atoms with E-state index in [1.807, 2.05) is 20.9 Å². The van der Waals surface area contributed by atoms with Crippen molar-refractivity contribution in [3.8, 4) is 0 Å². The molecule has 0 aromatic rings. The molecule has 0 aromatic heterocycles. The molecule has 1 heterocycles. The van der Waals surface area contributed by atoms with Crippen molar-refractivity contribution >= 4 is 0 Å². The summed E-state index contributed by atoms with van der Waals surface area (Å²) in [4.78, 5) is 2.37. The second kappa shape index (κ2) is 7.22. The summed E-state index contributed by atoms with van der Waals surface area (Å²) in [6.07, 6.45) is 2.31. The highest BCUT2D eigenvalue weighted by Gasteiger charge is 2.25. The minimum absolute atomic E-state index is 0.196. The summed E-state index contributed by atoms with van der Waals surface area (Å²) in [5.74, 6) is 0. The molecule has 2 unspecified atom stereocenters. The number of hydrogen-bond acceptors (Lipinski definition) is 4. The van der Waals surface area contributed by atoms with Gasteiger partial charge in [0.05, 0.1) is 18.8 Å². The van der Waals surface area contributed by atoms with Gasteiger partial charge in [0, 0.05) is 19.1 Å². The fourth-order valence-electron chi connectivity index (χ4n) is 2.23. The molecule has 4 nitrogen and oxygen atoms in total. The monoisotopic (exact) mass is 230 g/mol. The van der Waals surface area contributed by atoms with E-state index in [0.717, 1.165) is 19.6 Å². The Morgan fingerprint density at radius 1 is 1.50 bits per heavy atom. The first-order valence-electron chi connectivity index (χ1n) is 6.31. The molecule has 0 bridgehead atoms. The smallest absolute Gasteiger partial charge is 0.0900 e. The molecular formula is C12H26N2O2. The summed E-state index contributed by atoms with van der Waals surface area (Å²) in [6, 6.07) is 0.582. The fraction of sp³-hybridized carbons (Fsp3) is 1.00. The number of hydrogen-bond donors (Lipinski definition) is 2. The number of β-amino-alcohol motifs (C(OH)–C–C–N with tert-alkyl or cyclic N) is 1. The van der Waals surface area contributed by atoms with E-state index in [-0.39, 0.29) is 12.2 Å². The first-order chi connectivity index (χ1) is 7.63. The van der Waals surface area contributed by atoms with Gasteiger partial charge < -0.3 is 15.2 Å². The van der Waals surface area contributed by atoms with Crippen LogP contribution in [-0.2, 0) is 4.74 Å².